The van der Waals surface area contributed by atoms with Crippen molar-refractivity contribution >= 4 is 35.1 Å². The van der Waals surface area contributed by atoms with E-state index in [0.29, 0.717) is 16.0 Å². The van der Waals surface area contributed by atoms with Gasteiger partial charge in [0.1, 0.15) is 11.5 Å². The van der Waals surface area contributed by atoms with E-state index in [-0.39, 0.29) is 18.3 Å². The summed E-state index contributed by atoms with van der Waals surface area (Å²) >= 11 is 3.91. The molecule has 0 aromatic heterocycles. The van der Waals surface area contributed by atoms with E-state index in [1.54, 1.807) is 18.2 Å². The van der Waals surface area contributed by atoms with Gasteiger partial charge in [0.05, 0.1) is 10.3 Å². The van der Waals surface area contributed by atoms with Crippen LogP contribution in [0.25, 0.3) is 0 Å². The Hall–Kier alpha value is -1.79. The van der Waals surface area contributed by atoms with Crippen LogP contribution in [0.3, 0.4) is 0 Å². The molecular formula is C17H17NO3S2. The second-order valence-electron chi connectivity index (χ2n) is 5.00. The smallest absolute Gasteiger partial charge is 0.262 e. The van der Waals surface area contributed by atoms with Gasteiger partial charge in [-0.15, -0.1) is 23.5 Å². The number of para-hydroxylation sites is 2. The highest BCUT2D eigenvalue weighted by Gasteiger charge is 2.18. The second-order valence-corrected chi connectivity index (χ2v) is 7.72. The highest BCUT2D eigenvalue weighted by Crippen LogP contribution is 2.45. The summed E-state index contributed by atoms with van der Waals surface area (Å²) in [5, 5.41) is 12.2. The van der Waals surface area contributed by atoms with Gasteiger partial charge in [0.2, 0.25) is 0 Å². The van der Waals surface area contributed by atoms with E-state index in [1.807, 2.05) is 47.8 Å². The maximum Gasteiger partial charge on any atom is 0.262 e. The zero-order valence-electron chi connectivity index (χ0n) is 12.4. The Labute approximate surface area is 143 Å². The molecule has 0 bridgehead atoms. The van der Waals surface area contributed by atoms with Gasteiger partial charge in [-0.05, 0) is 29.8 Å². The fraction of sp³-hybridized carbons (Fsp3) is 0.235. The molecule has 0 unspecified atom stereocenters. The number of ether oxygens (including phenoxy) is 1. The second kappa shape index (κ2) is 7.66. The Morgan fingerprint density at radius 2 is 1.83 bits per heavy atom. The van der Waals surface area contributed by atoms with E-state index in [4.69, 9.17) is 4.74 Å². The minimum absolute atomic E-state index is 0.0387. The number of thioether (sulfide) groups is 2. The lowest BCUT2D eigenvalue weighted by Crippen LogP contribution is -2.20. The number of rotatable bonds is 5. The van der Waals surface area contributed by atoms with Crippen LogP contribution in [0.15, 0.2) is 48.5 Å². The van der Waals surface area contributed by atoms with Crippen LogP contribution < -0.4 is 10.1 Å². The number of carbonyl (C=O) groups excluding carboxylic acids is 1. The van der Waals surface area contributed by atoms with Crippen molar-refractivity contribution in [1.82, 2.24) is 0 Å². The molecule has 3 rings (SSSR count). The SMILES string of the molecule is O=C(COc1ccc(C2SCCS2)cc1)Nc1ccccc1O. The first-order chi connectivity index (χ1) is 11.2. The van der Waals surface area contributed by atoms with Crippen molar-refractivity contribution in [3.63, 3.8) is 0 Å². The zero-order valence-corrected chi connectivity index (χ0v) is 14.0. The molecule has 0 spiro atoms. The van der Waals surface area contributed by atoms with Gasteiger partial charge in [0.25, 0.3) is 5.91 Å². The summed E-state index contributed by atoms with van der Waals surface area (Å²) < 4.78 is 6.00. The molecule has 0 saturated carbocycles. The molecule has 1 aliphatic rings. The lowest BCUT2D eigenvalue weighted by atomic mass is 10.2. The Morgan fingerprint density at radius 3 is 2.52 bits per heavy atom. The van der Waals surface area contributed by atoms with Crippen molar-refractivity contribution in [2.45, 2.75) is 4.58 Å². The molecule has 0 aliphatic carbocycles. The summed E-state index contributed by atoms with van der Waals surface area (Å²) in [4.78, 5) is 11.9. The van der Waals surface area contributed by atoms with Gasteiger partial charge in [0.15, 0.2) is 6.61 Å². The Bertz CT molecular complexity index is 670. The molecule has 1 amide bonds. The summed E-state index contributed by atoms with van der Waals surface area (Å²) in [6, 6.07) is 14.5. The van der Waals surface area contributed by atoms with Gasteiger partial charge in [-0.25, -0.2) is 0 Å². The number of nitrogens with one attached hydrogen (secondary N) is 1. The van der Waals surface area contributed by atoms with Crippen LogP contribution in [-0.4, -0.2) is 29.1 Å². The molecule has 1 fully saturated rings. The van der Waals surface area contributed by atoms with Crippen molar-refractivity contribution in [1.29, 1.82) is 0 Å². The molecule has 23 heavy (non-hydrogen) atoms. The molecule has 4 nitrogen and oxygen atoms in total. The lowest BCUT2D eigenvalue weighted by Gasteiger charge is -2.11. The van der Waals surface area contributed by atoms with Gasteiger partial charge in [-0.2, -0.15) is 0 Å². The Balaban J connectivity index is 1.51. The predicted molar refractivity (Wildman–Crippen MR) is 96.3 cm³/mol. The van der Waals surface area contributed by atoms with Crippen molar-refractivity contribution in [3.05, 3.63) is 54.1 Å². The van der Waals surface area contributed by atoms with E-state index >= 15 is 0 Å². The molecule has 2 aromatic carbocycles. The van der Waals surface area contributed by atoms with Gasteiger partial charge >= 0.3 is 0 Å². The molecule has 0 atom stereocenters. The van der Waals surface area contributed by atoms with Crippen LogP contribution in [0, 0.1) is 0 Å². The van der Waals surface area contributed by atoms with Crippen LogP contribution in [0.5, 0.6) is 11.5 Å². The molecule has 2 aromatic rings. The molecule has 6 heteroatoms. The summed E-state index contributed by atoms with van der Waals surface area (Å²) in [5.74, 6) is 2.78. The third kappa shape index (κ3) is 4.36. The van der Waals surface area contributed by atoms with Gasteiger partial charge in [0, 0.05) is 11.5 Å². The van der Waals surface area contributed by atoms with Gasteiger partial charge in [-0.1, -0.05) is 24.3 Å². The average molecular weight is 347 g/mol. The van der Waals surface area contributed by atoms with Crippen LogP contribution >= 0.6 is 23.5 Å². The Kier molecular flexibility index (Phi) is 5.35. The maximum atomic E-state index is 11.9. The predicted octanol–water partition coefficient (Wildman–Crippen LogP) is 3.89. The number of phenols is 1. The number of hydrogen-bond donors (Lipinski definition) is 2. The average Bonchev–Trinajstić information content (AvgIpc) is 3.10. The number of hydrogen-bond acceptors (Lipinski definition) is 5. The molecule has 120 valence electrons. The maximum absolute atomic E-state index is 11.9. The summed E-state index contributed by atoms with van der Waals surface area (Å²) in [5.41, 5.74) is 1.66. The summed E-state index contributed by atoms with van der Waals surface area (Å²) in [7, 11) is 0. The van der Waals surface area contributed by atoms with E-state index in [9.17, 15) is 9.90 Å². The number of carbonyl (C=O) groups is 1. The quantitative estimate of drug-likeness (QED) is 0.804. The first kappa shape index (κ1) is 16.1. The minimum atomic E-state index is -0.308. The number of anilines is 1. The normalized spacial score (nSPS) is 14.6. The Morgan fingerprint density at radius 1 is 1.13 bits per heavy atom. The van der Waals surface area contributed by atoms with Crippen LogP contribution in [0.1, 0.15) is 10.1 Å². The molecule has 1 heterocycles. The largest absolute Gasteiger partial charge is 0.506 e. The summed E-state index contributed by atoms with van der Waals surface area (Å²) in [6.07, 6.45) is 0. The van der Waals surface area contributed by atoms with Crippen molar-refractivity contribution in [2.75, 3.05) is 23.4 Å². The first-order valence-electron chi connectivity index (χ1n) is 7.26. The molecule has 0 radical (unpaired) electrons. The fourth-order valence-electron chi connectivity index (χ4n) is 2.19. The number of phenolic OH excluding ortho intramolecular Hbond substituents is 1. The fourth-order valence-corrected chi connectivity index (χ4v) is 5.05. The van der Waals surface area contributed by atoms with Crippen LogP contribution in [0.2, 0.25) is 0 Å². The highest BCUT2D eigenvalue weighted by atomic mass is 32.2. The third-order valence-corrected chi connectivity index (χ3v) is 6.43. The minimum Gasteiger partial charge on any atom is -0.506 e. The zero-order chi connectivity index (χ0) is 16.1. The van der Waals surface area contributed by atoms with Crippen molar-refractivity contribution in [2.24, 2.45) is 0 Å². The first-order valence-corrected chi connectivity index (χ1v) is 9.36. The molecule has 2 N–H and O–H groups in total. The highest BCUT2D eigenvalue weighted by molar-refractivity contribution is 8.19. The lowest BCUT2D eigenvalue weighted by molar-refractivity contribution is -0.118. The van der Waals surface area contributed by atoms with E-state index in [1.165, 1.54) is 23.1 Å². The van der Waals surface area contributed by atoms with Gasteiger partial charge < -0.3 is 15.2 Å². The molecule has 1 aliphatic heterocycles. The number of amides is 1. The monoisotopic (exact) mass is 347 g/mol. The van der Waals surface area contributed by atoms with Crippen molar-refractivity contribution in [3.8, 4) is 11.5 Å². The van der Waals surface area contributed by atoms with Gasteiger partial charge in [-0.3, -0.25) is 4.79 Å². The van der Waals surface area contributed by atoms with Crippen LogP contribution in [0.4, 0.5) is 5.69 Å². The number of benzene rings is 2. The molecular weight excluding hydrogens is 330 g/mol. The van der Waals surface area contributed by atoms with E-state index in [2.05, 4.69) is 5.32 Å². The van der Waals surface area contributed by atoms with E-state index < -0.39 is 0 Å². The van der Waals surface area contributed by atoms with Crippen molar-refractivity contribution < 1.29 is 14.6 Å². The topological polar surface area (TPSA) is 58.6 Å². The van der Waals surface area contributed by atoms with Crippen LogP contribution in [-0.2, 0) is 4.79 Å². The van der Waals surface area contributed by atoms with E-state index in [0.717, 1.165) is 0 Å². The standard InChI is InChI=1S/C17H17NO3S2/c19-15-4-2-1-3-14(15)18-16(20)11-21-13-7-5-12(6-8-13)17-22-9-10-23-17/h1-8,17,19H,9-11H2,(H,18,20). The number of aromatic hydroxyl groups is 1. The molecule has 1 saturated heterocycles. The summed E-state index contributed by atoms with van der Waals surface area (Å²) in [6.45, 7) is -0.0966. The third-order valence-electron chi connectivity index (χ3n) is 3.32.